The first-order chi connectivity index (χ1) is 12.6. The van der Waals surface area contributed by atoms with Crippen LogP contribution in [0.2, 0.25) is 0 Å². The third kappa shape index (κ3) is 3.08. The summed E-state index contributed by atoms with van der Waals surface area (Å²) in [5.41, 5.74) is 5.20. The van der Waals surface area contributed by atoms with E-state index in [-0.39, 0.29) is 18.5 Å². The van der Waals surface area contributed by atoms with Crippen molar-refractivity contribution >= 4 is 5.91 Å². The Morgan fingerprint density at radius 1 is 1.27 bits per heavy atom. The molecule has 1 aromatic heterocycles. The standard InChI is InChI=1S/C21H21N3O2/c1-14-8-9-19-18(10-14)21-17(13-26-19)11-22-24(21)12-20(25)23-15(2)16-6-4-3-5-7-16/h3-11,15H,12-13H2,1-2H3,(H,23,25). The van der Waals surface area contributed by atoms with Gasteiger partial charge in [0.25, 0.3) is 0 Å². The SMILES string of the molecule is Cc1ccc2c(c1)-c1c(cnn1CC(=O)NC(C)c1ccccc1)CO2. The number of nitrogens with one attached hydrogen (secondary N) is 1. The van der Waals surface area contributed by atoms with E-state index in [1.807, 2.05) is 56.3 Å². The van der Waals surface area contributed by atoms with E-state index < -0.39 is 0 Å². The molecular weight excluding hydrogens is 326 g/mol. The number of benzene rings is 2. The lowest BCUT2D eigenvalue weighted by Gasteiger charge is -2.20. The Labute approximate surface area is 152 Å². The van der Waals surface area contributed by atoms with Crippen molar-refractivity contribution in [2.75, 3.05) is 0 Å². The fraction of sp³-hybridized carbons (Fsp3) is 0.238. The van der Waals surface area contributed by atoms with Crippen LogP contribution in [0.15, 0.2) is 54.7 Å². The Morgan fingerprint density at radius 2 is 2.08 bits per heavy atom. The zero-order valence-corrected chi connectivity index (χ0v) is 14.9. The van der Waals surface area contributed by atoms with Crippen LogP contribution in [0.1, 0.15) is 29.7 Å². The third-order valence-corrected chi connectivity index (χ3v) is 4.66. The average Bonchev–Trinajstić information content (AvgIpc) is 3.05. The summed E-state index contributed by atoms with van der Waals surface area (Å²) in [5.74, 6) is 0.774. The van der Waals surface area contributed by atoms with E-state index >= 15 is 0 Å². The van der Waals surface area contributed by atoms with Gasteiger partial charge in [-0.2, -0.15) is 5.10 Å². The van der Waals surface area contributed by atoms with Crippen molar-refractivity contribution in [1.29, 1.82) is 0 Å². The summed E-state index contributed by atoms with van der Waals surface area (Å²) in [5, 5.41) is 7.47. The van der Waals surface area contributed by atoms with Gasteiger partial charge in [0.15, 0.2) is 0 Å². The van der Waals surface area contributed by atoms with E-state index in [1.54, 1.807) is 10.9 Å². The van der Waals surface area contributed by atoms with Crippen LogP contribution >= 0.6 is 0 Å². The monoisotopic (exact) mass is 347 g/mol. The minimum atomic E-state index is -0.0621. The molecule has 1 atom stereocenters. The van der Waals surface area contributed by atoms with Crippen LogP contribution in [0.25, 0.3) is 11.3 Å². The van der Waals surface area contributed by atoms with Gasteiger partial charge in [0.1, 0.15) is 18.9 Å². The van der Waals surface area contributed by atoms with Crippen LogP contribution in [0.5, 0.6) is 5.75 Å². The van der Waals surface area contributed by atoms with Gasteiger partial charge in [-0.25, -0.2) is 0 Å². The lowest BCUT2D eigenvalue weighted by atomic mass is 10.0. The van der Waals surface area contributed by atoms with Gasteiger partial charge in [0.05, 0.1) is 17.9 Å². The molecule has 0 fully saturated rings. The minimum absolute atomic E-state index is 0.0482. The molecule has 0 spiro atoms. The minimum Gasteiger partial charge on any atom is -0.488 e. The van der Waals surface area contributed by atoms with Crippen molar-refractivity contribution in [1.82, 2.24) is 15.1 Å². The quantitative estimate of drug-likeness (QED) is 0.784. The number of hydrogen-bond acceptors (Lipinski definition) is 3. The number of nitrogens with zero attached hydrogens (tertiary/aromatic N) is 2. The molecule has 1 N–H and O–H groups in total. The van der Waals surface area contributed by atoms with Crippen LogP contribution in [0.4, 0.5) is 0 Å². The zero-order valence-electron chi connectivity index (χ0n) is 14.9. The molecule has 3 aromatic rings. The van der Waals surface area contributed by atoms with Gasteiger partial charge >= 0.3 is 0 Å². The molecule has 5 nitrogen and oxygen atoms in total. The highest BCUT2D eigenvalue weighted by Gasteiger charge is 2.23. The predicted octanol–water partition coefficient (Wildman–Crippen LogP) is 3.63. The van der Waals surface area contributed by atoms with Crippen LogP contribution in [0, 0.1) is 6.92 Å². The molecule has 5 heteroatoms. The second-order valence-corrected chi connectivity index (χ2v) is 6.66. The number of amides is 1. The lowest BCUT2D eigenvalue weighted by molar-refractivity contribution is -0.122. The van der Waals surface area contributed by atoms with Gasteiger partial charge in [-0.15, -0.1) is 0 Å². The second kappa shape index (κ2) is 6.67. The molecule has 2 heterocycles. The summed E-state index contributed by atoms with van der Waals surface area (Å²) in [6.07, 6.45) is 1.79. The van der Waals surface area contributed by atoms with Crippen molar-refractivity contribution in [2.45, 2.75) is 33.0 Å². The molecule has 0 saturated heterocycles. The smallest absolute Gasteiger partial charge is 0.242 e. The first-order valence-electron chi connectivity index (χ1n) is 8.74. The molecule has 0 radical (unpaired) electrons. The van der Waals surface area contributed by atoms with Crippen molar-refractivity contribution in [3.8, 4) is 17.0 Å². The largest absolute Gasteiger partial charge is 0.488 e. The van der Waals surface area contributed by atoms with Crippen molar-refractivity contribution in [2.24, 2.45) is 0 Å². The Balaban J connectivity index is 1.55. The van der Waals surface area contributed by atoms with E-state index in [0.717, 1.165) is 33.7 Å². The number of aromatic nitrogens is 2. The predicted molar refractivity (Wildman–Crippen MR) is 99.7 cm³/mol. The third-order valence-electron chi connectivity index (χ3n) is 4.66. The molecule has 1 aliphatic heterocycles. The van der Waals surface area contributed by atoms with Crippen molar-refractivity contribution in [3.63, 3.8) is 0 Å². The Bertz CT molecular complexity index is 947. The van der Waals surface area contributed by atoms with Gasteiger partial charge in [0.2, 0.25) is 5.91 Å². The molecule has 0 bridgehead atoms. The fourth-order valence-electron chi connectivity index (χ4n) is 3.32. The maximum Gasteiger partial charge on any atom is 0.242 e. The summed E-state index contributed by atoms with van der Waals surface area (Å²) < 4.78 is 7.56. The van der Waals surface area contributed by atoms with E-state index in [4.69, 9.17) is 4.74 Å². The van der Waals surface area contributed by atoms with E-state index in [0.29, 0.717) is 6.61 Å². The van der Waals surface area contributed by atoms with Crippen molar-refractivity contribution < 1.29 is 9.53 Å². The number of ether oxygens (including phenoxy) is 1. The zero-order chi connectivity index (χ0) is 18.1. The Kier molecular flexibility index (Phi) is 4.21. The van der Waals surface area contributed by atoms with Gasteiger partial charge in [-0.05, 0) is 31.5 Å². The second-order valence-electron chi connectivity index (χ2n) is 6.66. The molecule has 132 valence electrons. The molecule has 1 aliphatic rings. The molecule has 2 aromatic carbocycles. The summed E-state index contributed by atoms with van der Waals surface area (Å²) in [7, 11) is 0. The van der Waals surface area contributed by atoms with Gasteiger partial charge < -0.3 is 10.1 Å². The van der Waals surface area contributed by atoms with Crippen LogP contribution in [-0.4, -0.2) is 15.7 Å². The molecular formula is C21H21N3O2. The van der Waals surface area contributed by atoms with E-state index in [2.05, 4.69) is 16.5 Å². The van der Waals surface area contributed by atoms with Crippen LogP contribution in [-0.2, 0) is 17.9 Å². The van der Waals surface area contributed by atoms with Gasteiger partial charge in [-0.1, -0.05) is 42.0 Å². The lowest BCUT2D eigenvalue weighted by Crippen LogP contribution is -2.30. The molecule has 0 aliphatic carbocycles. The van der Waals surface area contributed by atoms with Crippen molar-refractivity contribution in [3.05, 3.63) is 71.4 Å². The summed E-state index contributed by atoms with van der Waals surface area (Å²) in [6, 6.07) is 16.0. The maximum atomic E-state index is 12.6. The summed E-state index contributed by atoms with van der Waals surface area (Å²) >= 11 is 0. The molecule has 1 unspecified atom stereocenters. The van der Waals surface area contributed by atoms with E-state index in [9.17, 15) is 4.79 Å². The Morgan fingerprint density at radius 3 is 2.88 bits per heavy atom. The number of carbonyl (C=O) groups excluding carboxylic acids is 1. The highest BCUT2D eigenvalue weighted by atomic mass is 16.5. The number of aryl methyl sites for hydroxylation is 1. The summed E-state index contributed by atoms with van der Waals surface area (Å²) in [6.45, 7) is 4.69. The molecule has 1 amide bonds. The normalized spacial score (nSPS) is 13.3. The molecule has 0 saturated carbocycles. The maximum absolute atomic E-state index is 12.6. The number of hydrogen-bond donors (Lipinski definition) is 1. The van der Waals surface area contributed by atoms with Crippen LogP contribution < -0.4 is 10.1 Å². The van der Waals surface area contributed by atoms with Gasteiger partial charge in [-0.3, -0.25) is 9.48 Å². The number of fused-ring (bicyclic) bond motifs is 3. The fourth-order valence-corrected chi connectivity index (χ4v) is 3.32. The van der Waals surface area contributed by atoms with Crippen LogP contribution in [0.3, 0.4) is 0 Å². The van der Waals surface area contributed by atoms with Gasteiger partial charge in [0, 0.05) is 11.1 Å². The number of carbonyl (C=O) groups is 1. The van der Waals surface area contributed by atoms with E-state index in [1.165, 1.54) is 0 Å². The topological polar surface area (TPSA) is 56.2 Å². The average molecular weight is 347 g/mol. The number of rotatable bonds is 4. The Hall–Kier alpha value is -3.08. The highest BCUT2D eigenvalue weighted by molar-refractivity contribution is 5.78. The first-order valence-corrected chi connectivity index (χ1v) is 8.74. The summed E-state index contributed by atoms with van der Waals surface area (Å²) in [4.78, 5) is 12.6. The molecule has 26 heavy (non-hydrogen) atoms. The molecule has 4 rings (SSSR count). The highest BCUT2D eigenvalue weighted by Crippen LogP contribution is 2.37. The first kappa shape index (κ1) is 16.4.